The van der Waals surface area contributed by atoms with Crippen molar-refractivity contribution in [2.24, 2.45) is 15.9 Å². The number of nitrogens with one attached hydrogen (secondary N) is 1. The minimum Gasteiger partial charge on any atom is -0.506 e. The molecule has 0 fully saturated rings. The van der Waals surface area contributed by atoms with Gasteiger partial charge in [0.1, 0.15) is 5.75 Å². The van der Waals surface area contributed by atoms with Crippen LogP contribution < -0.4 is 11.2 Å². The summed E-state index contributed by atoms with van der Waals surface area (Å²) in [7, 11) is 0. The van der Waals surface area contributed by atoms with Gasteiger partial charge in [0.2, 0.25) is 0 Å². The Hall–Kier alpha value is -1.68. The summed E-state index contributed by atoms with van der Waals surface area (Å²) < 4.78 is 1.19. The summed E-state index contributed by atoms with van der Waals surface area (Å²) in [5.41, 5.74) is 7.13. The van der Waals surface area contributed by atoms with Crippen molar-refractivity contribution in [2.45, 2.75) is 0 Å². The number of nitrogens with zero attached hydrogens (tertiary/aromatic N) is 3. The normalized spacial score (nSPS) is 11.8. The lowest BCUT2D eigenvalue weighted by Crippen LogP contribution is -2.35. The fourth-order valence-corrected chi connectivity index (χ4v) is 2.21. The lowest BCUT2D eigenvalue weighted by atomic mass is 10.2. The molecule has 10 heteroatoms. The number of aromatic hydroxyl groups is 1. The second kappa shape index (κ2) is 6.31. The van der Waals surface area contributed by atoms with Gasteiger partial charge in [-0.1, -0.05) is 21.4 Å². The topological polar surface area (TPSA) is 126 Å². The molecule has 0 aliphatic rings. The highest BCUT2D eigenvalue weighted by Crippen LogP contribution is 2.30. The molecule has 1 aromatic rings. The van der Waals surface area contributed by atoms with Gasteiger partial charge in [0.05, 0.1) is 10.7 Å². The molecule has 0 aliphatic carbocycles. The zero-order valence-corrected chi connectivity index (χ0v) is 11.8. The maximum absolute atomic E-state index is 10.0. The number of nitro groups is 1. The molecule has 0 heterocycles. The van der Waals surface area contributed by atoms with E-state index in [9.17, 15) is 15.2 Å². The zero-order valence-electron chi connectivity index (χ0n) is 8.67. The first kappa shape index (κ1) is 14.4. The molecule has 0 atom stereocenters. The van der Waals surface area contributed by atoms with E-state index < -0.39 is 11.0 Å². The molecule has 0 saturated carbocycles. The summed E-state index contributed by atoms with van der Waals surface area (Å²) >= 11 is 6.38. The summed E-state index contributed by atoms with van der Waals surface area (Å²) in [6.45, 7) is 0. The molecule has 0 aliphatic heterocycles. The Balaban J connectivity index is 2.88. The third kappa shape index (κ3) is 4.30. The van der Waals surface area contributed by atoms with Crippen molar-refractivity contribution in [3.05, 3.63) is 36.8 Å². The van der Waals surface area contributed by atoms with Crippen LogP contribution in [0.3, 0.4) is 0 Å². The average molecular weight is 381 g/mol. The van der Waals surface area contributed by atoms with Gasteiger partial charge in [-0.15, -0.1) is 5.10 Å². The second-order valence-corrected chi connectivity index (χ2v) is 4.69. The Bertz CT molecular complexity index is 532. The maximum atomic E-state index is 10.0. The van der Waals surface area contributed by atoms with E-state index in [0.717, 1.165) is 0 Å². The van der Waals surface area contributed by atoms with Gasteiger partial charge < -0.3 is 10.8 Å². The molecule has 18 heavy (non-hydrogen) atoms. The van der Waals surface area contributed by atoms with E-state index in [-0.39, 0.29) is 5.75 Å². The van der Waals surface area contributed by atoms with Gasteiger partial charge in [-0.05, 0) is 28.1 Å². The van der Waals surface area contributed by atoms with E-state index in [1.807, 2.05) is 0 Å². The van der Waals surface area contributed by atoms with Crippen LogP contribution in [0.1, 0.15) is 5.56 Å². The van der Waals surface area contributed by atoms with E-state index in [2.05, 4.69) is 42.1 Å². The summed E-state index contributed by atoms with van der Waals surface area (Å²) in [5, 5.41) is 25.7. The standard InChI is InChI=1S/C8H7Br2N5O3/c9-5-1-4(7(16)6(10)2-5)3-12-13-8(11)14-15(17)18/h1-3,16H,(H3,11,13,14)/b12-3-. The van der Waals surface area contributed by atoms with Crippen molar-refractivity contribution in [1.29, 1.82) is 0 Å². The molecule has 4 N–H and O–H groups in total. The summed E-state index contributed by atoms with van der Waals surface area (Å²) in [4.78, 5) is 10.0. The summed E-state index contributed by atoms with van der Waals surface area (Å²) in [5.74, 6) is -0.497. The van der Waals surface area contributed by atoms with Gasteiger partial charge in [-0.2, -0.15) is 5.10 Å². The second-order valence-electron chi connectivity index (χ2n) is 2.92. The number of hydrogen-bond acceptors (Lipinski definition) is 5. The van der Waals surface area contributed by atoms with Crippen LogP contribution in [0.2, 0.25) is 0 Å². The van der Waals surface area contributed by atoms with Crippen LogP contribution in [0.5, 0.6) is 5.75 Å². The fourth-order valence-electron chi connectivity index (χ4n) is 0.953. The van der Waals surface area contributed by atoms with Crippen LogP contribution in [-0.4, -0.2) is 22.3 Å². The predicted molar refractivity (Wildman–Crippen MR) is 72.9 cm³/mol. The smallest absolute Gasteiger partial charge is 0.275 e. The average Bonchev–Trinajstić information content (AvgIpc) is 2.23. The quantitative estimate of drug-likeness (QED) is 0.315. The lowest BCUT2D eigenvalue weighted by molar-refractivity contribution is -0.525. The van der Waals surface area contributed by atoms with Crippen LogP contribution in [0.15, 0.2) is 31.3 Å². The first-order chi connectivity index (χ1) is 8.40. The van der Waals surface area contributed by atoms with Crippen LogP contribution in [0.25, 0.3) is 0 Å². The van der Waals surface area contributed by atoms with E-state index in [4.69, 9.17) is 5.73 Å². The molecule has 0 amide bonds. The van der Waals surface area contributed by atoms with E-state index in [1.165, 1.54) is 6.21 Å². The largest absolute Gasteiger partial charge is 0.506 e. The number of halogens is 2. The number of rotatable bonds is 3. The molecular formula is C8H7Br2N5O3. The predicted octanol–water partition coefficient (Wildman–Crippen LogP) is 1.35. The van der Waals surface area contributed by atoms with Crippen molar-refractivity contribution >= 4 is 44.0 Å². The van der Waals surface area contributed by atoms with Gasteiger partial charge in [-0.25, -0.2) is 10.1 Å². The minimum absolute atomic E-state index is 0.0297. The van der Waals surface area contributed by atoms with Crippen LogP contribution in [-0.2, 0) is 0 Å². The number of hydrazine groups is 1. The zero-order chi connectivity index (χ0) is 13.7. The van der Waals surface area contributed by atoms with Crippen LogP contribution in [0, 0.1) is 10.1 Å². The third-order valence-electron chi connectivity index (χ3n) is 1.63. The minimum atomic E-state index is -0.860. The first-order valence-electron chi connectivity index (χ1n) is 4.35. The number of hydrogen-bond donors (Lipinski definition) is 3. The monoisotopic (exact) mass is 379 g/mol. The molecule has 0 aromatic heterocycles. The molecule has 96 valence electrons. The molecule has 0 saturated heterocycles. The van der Waals surface area contributed by atoms with Crippen molar-refractivity contribution in [3.8, 4) is 5.75 Å². The first-order valence-corrected chi connectivity index (χ1v) is 5.94. The van der Waals surface area contributed by atoms with Gasteiger partial charge in [0.15, 0.2) is 5.03 Å². The highest BCUT2D eigenvalue weighted by Gasteiger charge is 2.05. The van der Waals surface area contributed by atoms with Gasteiger partial charge >= 0.3 is 0 Å². The molecule has 0 spiro atoms. The Morgan fingerprint density at radius 1 is 1.56 bits per heavy atom. The third-order valence-corrected chi connectivity index (χ3v) is 2.69. The fraction of sp³-hybridized carbons (Fsp3) is 0. The molecule has 8 nitrogen and oxygen atoms in total. The summed E-state index contributed by atoms with van der Waals surface area (Å²) in [6, 6.07) is 3.24. The molecule has 0 bridgehead atoms. The molecule has 0 unspecified atom stereocenters. The molecular weight excluding hydrogens is 374 g/mol. The van der Waals surface area contributed by atoms with E-state index >= 15 is 0 Å². The van der Waals surface area contributed by atoms with E-state index in [1.54, 1.807) is 17.6 Å². The molecule has 1 rings (SSSR count). The number of guanidine groups is 1. The lowest BCUT2D eigenvalue weighted by Gasteiger charge is -2.01. The van der Waals surface area contributed by atoms with Crippen molar-refractivity contribution in [2.75, 3.05) is 0 Å². The number of phenols is 1. The van der Waals surface area contributed by atoms with Gasteiger partial charge in [0, 0.05) is 10.0 Å². The SMILES string of the molecule is NC(=N/N=C\c1cc(Br)cc(Br)c1O)N[N+](=O)[O-]. The highest BCUT2D eigenvalue weighted by atomic mass is 79.9. The van der Waals surface area contributed by atoms with Crippen molar-refractivity contribution < 1.29 is 10.1 Å². The van der Waals surface area contributed by atoms with Crippen molar-refractivity contribution in [3.63, 3.8) is 0 Å². The number of phenolic OH excluding ortho intramolecular Hbond substituents is 1. The van der Waals surface area contributed by atoms with Gasteiger partial charge in [-0.3, -0.25) is 0 Å². The van der Waals surface area contributed by atoms with E-state index in [0.29, 0.717) is 14.5 Å². The highest BCUT2D eigenvalue weighted by molar-refractivity contribution is 9.11. The number of benzene rings is 1. The maximum Gasteiger partial charge on any atom is 0.275 e. The Morgan fingerprint density at radius 3 is 2.83 bits per heavy atom. The Morgan fingerprint density at radius 2 is 2.22 bits per heavy atom. The van der Waals surface area contributed by atoms with Crippen molar-refractivity contribution in [1.82, 2.24) is 5.43 Å². The Labute approximate surface area is 118 Å². The van der Waals surface area contributed by atoms with Crippen LogP contribution in [0.4, 0.5) is 0 Å². The number of nitrogens with two attached hydrogens (primary N) is 1. The van der Waals surface area contributed by atoms with Gasteiger partial charge in [0.25, 0.3) is 5.96 Å². The molecule has 0 radical (unpaired) electrons. The Kier molecular flexibility index (Phi) is 5.04. The van der Waals surface area contributed by atoms with Crippen LogP contribution >= 0.6 is 31.9 Å². The summed E-state index contributed by atoms with van der Waals surface area (Å²) in [6.07, 6.45) is 1.21. The molecule has 1 aromatic carbocycles.